The molecule has 2 aromatic rings. The highest BCUT2D eigenvalue weighted by Gasteiger charge is 2.40. The van der Waals surface area contributed by atoms with E-state index >= 15 is 0 Å². The minimum atomic E-state index is -4.36. The first-order valence-electron chi connectivity index (χ1n) is 8.68. The highest BCUT2D eigenvalue weighted by molar-refractivity contribution is 5.42. The van der Waals surface area contributed by atoms with Crippen LogP contribution in [0.4, 0.5) is 19.0 Å². The van der Waals surface area contributed by atoms with Crippen LogP contribution in [0.5, 0.6) is 0 Å². The number of alkyl halides is 3. The number of ether oxygens (including phenoxy) is 1. The van der Waals surface area contributed by atoms with Crippen LogP contribution in [-0.4, -0.2) is 48.3 Å². The van der Waals surface area contributed by atoms with Gasteiger partial charge in [0.2, 0.25) is 0 Å². The molecule has 2 aliphatic rings. The lowest BCUT2D eigenvalue weighted by Gasteiger charge is -2.36. The first-order chi connectivity index (χ1) is 12.5. The molecule has 4 rings (SSSR count). The van der Waals surface area contributed by atoms with Gasteiger partial charge in [-0.3, -0.25) is 4.90 Å². The molecule has 0 amide bonds. The lowest BCUT2D eigenvalue weighted by atomic mass is 10.1. The van der Waals surface area contributed by atoms with Crippen molar-refractivity contribution in [2.24, 2.45) is 0 Å². The average Bonchev–Trinajstić information content (AvgIpc) is 3.07. The number of anilines is 1. The van der Waals surface area contributed by atoms with Gasteiger partial charge in [-0.1, -0.05) is 30.3 Å². The summed E-state index contributed by atoms with van der Waals surface area (Å²) in [6.45, 7) is 3.72. The second kappa shape index (κ2) is 6.89. The summed E-state index contributed by atoms with van der Waals surface area (Å²) in [6.07, 6.45) is -3.41. The Kier molecular flexibility index (Phi) is 4.58. The minimum Gasteiger partial charge on any atom is -0.373 e. The summed E-state index contributed by atoms with van der Waals surface area (Å²) in [6, 6.07) is 13.0. The molecule has 0 aliphatic carbocycles. The number of fused-ring (bicyclic) bond motifs is 1. The highest BCUT2D eigenvalue weighted by atomic mass is 19.4. The standard InChI is InChI=1S/C19H20F3N3O/c20-19(21,22)15-6-7-18(23-10-15)25-12-16-17(13-25)26-9-8-24(16)11-14-4-2-1-3-5-14/h1-7,10,16-17H,8-9,11-13H2. The maximum absolute atomic E-state index is 12.7. The smallest absolute Gasteiger partial charge is 0.373 e. The van der Waals surface area contributed by atoms with Crippen LogP contribution in [0, 0.1) is 0 Å². The van der Waals surface area contributed by atoms with Gasteiger partial charge in [0.15, 0.2) is 0 Å². The van der Waals surface area contributed by atoms with Gasteiger partial charge in [-0.15, -0.1) is 0 Å². The number of aromatic nitrogens is 1. The molecular weight excluding hydrogens is 343 g/mol. The van der Waals surface area contributed by atoms with Crippen LogP contribution in [0.2, 0.25) is 0 Å². The van der Waals surface area contributed by atoms with E-state index in [9.17, 15) is 13.2 Å². The van der Waals surface area contributed by atoms with E-state index in [4.69, 9.17) is 4.74 Å². The quantitative estimate of drug-likeness (QED) is 0.838. The fraction of sp³-hybridized carbons (Fsp3) is 0.421. The third-order valence-corrected chi connectivity index (χ3v) is 5.04. The molecule has 4 nitrogen and oxygen atoms in total. The maximum atomic E-state index is 12.7. The van der Waals surface area contributed by atoms with Crippen LogP contribution in [-0.2, 0) is 17.5 Å². The van der Waals surface area contributed by atoms with Gasteiger partial charge in [-0.2, -0.15) is 13.2 Å². The first kappa shape index (κ1) is 17.3. The lowest BCUT2D eigenvalue weighted by Crippen LogP contribution is -2.50. The number of hydrogen-bond acceptors (Lipinski definition) is 4. The van der Waals surface area contributed by atoms with Crippen LogP contribution < -0.4 is 4.90 Å². The molecular formula is C19H20F3N3O. The van der Waals surface area contributed by atoms with E-state index in [0.717, 1.165) is 25.4 Å². The third-order valence-electron chi connectivity index (χ3n) is 5.04. The first-order valence-corrected chi connectivity index (χ1v) is 8.68. The Labute approximate surface area is 150 Å². The molecule has 1 aromatic carbocycles. The molecule has 0 saturated carbocycles. The van der Waals surface area contributed by atoms with Crippen molar-refractivity contribution in [2.45, 2.75) is 24.9 Å². The number of rotatable bonds is 3. The molecule has 1 aromatic heterocycles. The van der Waals surface area contributed by atoms with Crippen molar-refractivity contribution in [3.8, 4) is 0 Å². The van der Waals surface area contributed by atoms with Crippen molar-refractivity contribution in [1.82, 2.24) is 9.88 Å². The van der Waals surface area contributed by atoms with E-state index in [0.29, 0.717) is 25.5 Å². The summed E-state index contributed by atoms with van der Waals surface area (Å²) in [5, 5.41) is 0. The third kappa shape index (κ3) is 3.54. The molecule has 0 radical (unpaired) electrons. The van der Waals surface area contributed by atoms with E-state index in [2.05, 4.69) is 22.0 Å². The summed E-state index contributed by atoms with van der Waals surface area (Å²) in [5.41, 5.74) is 0.527. The van der Waals surface area contributed by atoms with Crippen molar-refractivity contribution >= 4 is 5.82 Å². The van der Waals surface area contributed by atoms with E-state index in [-0.39, 0.29) is 12.1 Å². The molecule has 7 heteroatoms. The van der Waals surface area contributed by atoms with Crippen LogP contribution >= 0.6 is 0 Å². The van der Waals surface area contributed by atoms with Gasteiger partial charge in [0.1, 0.15) is 5.82 Å². The zero-order chi connectivity index (χ0) is 18.1. The van der Waals surface area contributed by atoms with Gasteiger partial charge >= 0.3 is 6.18 Å². The van der Waals surface area contributed by atoms with Crippen LogP contribution in [0.1, 0.15) is 11.1 Å². The Morgan fingerprint density at radius 1 is 1.08 bits per heavy atom. The monoisotopic (exact) mass is 363 g/mol. The number of pyridine rings is 1. The molecule has 3 heterocycles. The number of benzene rings is 1. The largest absolute Gasteiger partial charge is 0.417 e. The molecule has 26 heavy (non-hydrogen) atoms. The molecule has 0 N–H and O–H groups in total. The summed E-state index contributed by atoms with van der Waals surface area (Å²) >= 11 is 0. The SMILES string of the molecule is FC(F)(F)c1ccc(N2CC3OCCN(Cc4ccccc4)C3C2)nc1. The zero-order valence-corrected chi connectivity index (χ0v) is 14.2. The second-order valence-corrected chi connectivity index (χ2v) is 6.74. The van der Waals surface area contributed by atoms with Crippen molar-refractivity contribution in [3.63, 3.8) is 0 Å². The van der Waals surface area contributed by atoms with Crippen molar-refractivity contribution in [3.05, 3.63) is 59.8 Å². The van der Waals surface area contributed by atoms with Gasteiger partial charge in [0.05, 0.1) is 24.3 Å². The predicted molar refractivity (Wildman–Crippen MR) is 91.8 cm³/mol. The second-order valence-electron chi connectivity index (χ2n) is 6.74. The summed E-state index contributed by atoms with van der Waals surface area (Å²) < 4.78 is 44.1. The fourth-order valence-corrected chi connectivity index (χ4v) is 3.70. The van der Waals surface area contributed by atoms with Crippen molar-refractivity contribution in [2.75, 3.05) is 31.1 Å². The van der Waals surface area contributed by atoms with E-state index < -0.39 is 11.7 Å². The molecule has 2 saturated heterocycles. The van der Waals surface area contributed by atoms with E-state index in [1.165, 1.54) is 11.6 Å². The number of hydrogen-bond donors (Lipinski definition) is 0. The van der Waals surface area contributed by atoms with Gasteiger partial charge in [0.25, 0.3) is 0 Å². The van der Waals surface area contributed by atoms with Crippen molar-refractivity contribution in [1.29, 1.82) is 0 Å². The summed E-state index contributed by atoms with van der Waals surface area (Å²) in [5.74, 6) is 0.565. The molecule has 0 spiro atoms. The number of morpholine rings is 1. The Morgan fingerprint density at radius 3 is 2.58 bits per heavy atom. The van der Waals surface area contributed by atoms with Crippen LogP contribution in [0.25, 0.3) is 0 Å². The topological polar surface area (TPSA) is 28.6 Å². The molecule has 2 unspecified atom stereocenters. The normalized spacial score (nSPS) is 23.9. The lowest BCUT2D eigenvalue weighted by molar-refractivity contribution is -0.137. The van der Waals surface area contributed by atoms with Crippen LogP contribution in [0.3, 0.4) is 0 Å². The average molecular weight is 363 g/mol. The van der Waals surface area contributed by atoms with E-state index in [1.54, 1.807) is 0 Å². The number of halogens is 3. The summed E-state index contributed by atoms with van der Waals surface area (Å²) in [7, 11) is 0. The Bertz CT molecular complexity index is 736. The van der Waals surface area contributed by atoms with Crippen LogP contribution in [0.15, 0.2) is 48.7 Å². The molecule has 0 bridgehead atoms. The predicted octanol–water partition coefficient (Wildman–Crippen LogP) is 3.19. The molecule has 2 fully saturated rings. The molecule has 2 atom stereocenters. The molecule has 138 valence electrons. The molecule has 2 aliphatic heterocycles. The Morgan fingerprint density at radius 2 is 1.88 bits per heavy atom. The van der Waals surface area contributed by atoms with Gasteiger partial charge in [0, 0.05) is 32.4 Å². The fourth-order valence-electron chi connectivity index (χ4n) is 3.70. The maximum Gasteiger partial charge on any atom is 0.417 e. The number of nitrogens with zero attached hydrogens (tertiary/aromatic N) is 3. The minimum absolute atomic E-state index is 0.0524. The Hall–Kier alpha value is -2.12. The van der Waals surface area contributed by atoms with Gasteiger partial charge < -0.3 is 9.64 Å². The van der Waals surface area contributed by atoms with Gasteiger partial charge in [-0.05, 0) is 17.7 Å². The summed E-state index contributed by atoms with van der Waals surface area (Å²) in [4.78, 5) is 8.44. The van der Waals surface area contributed by atoms with E-state index in [1.807, 2.05) is 23.1 Å². The Balaban J connectivity index is 1.47. The zero-order valence-electron chi connectivity index (χ0n) is 14.2. The van der Waals surface area contributed by atoms with Crippen molar-refractivity contribution < 1.29 is 17.9 Å². The van der Waals surface area contributed by atoms with Gasteiger partial charge in [-0.25, -0.2) is 4.98 Å². The highest BCUT2D eigenvalue weighted by Crippen LogP contribution is 2.31.